The van der Waals surface area contributed by atoms with Crippen LogP contribution in [0.25, 0.3) is 0 Å². The lowest BCUT2D eigenvalue weighted by molar-refractivity contribution is -0.139. The van der Waals surface area contributed by atoms with Crippen LogP contribution in [0.2, 0.25) is 0 Å². The number of hydrogen-bond donors (Lipinski definition) is 1. The van der Waals surface area contributed by atoms with Gasteiger partial charge in [0, 0.05) is 31.9 Å². The zero-order chi connectivity index (χ0) is 21.7. The lowest BCUT2D eigenvalue weighted by Gasteiger charge is -2.35. The summed E-state index contributed by atoms with van der Waals surface area (Å²) in [6, 6.07) is 11.5. The maximum Gasteiger partial charge on any atom is 0.263 e. The number of carbonyl (C=O) groups is 2. The molecule has 3 rings (SSSR count). The molecule has 2 amide bonds. The molecule has 1 aliphatic rings. The molecule has 30 heavy (non-hydrogen) atoms. The van der Waals surface area contributed by atoms with Gasteiger partial charge in [0.2, 0.25) is 5.91 Å². The highest BCUT2D eigenvalue weighted by atomic mass is 19.1. The number of benzene rings is 2. The van der Waals surface area contributed by atoms with Crippen molar-refractivity contribution in [3.63, 3.8) is 0 Å². The third-order valence-corrected chi connectivity index (χ3v) is 5.40. The first kappa shape index (κ1) is 21.8. The van der Waals surface area contributed by atoms with Crippen LogP contribution in [0.4, 0.5) is 10.1 Å². The first-order valence-corrected chi connectivity index (χ1v) is 10.1. The summed E-state index contributed by atoms with van der Waals surface area (Å²) in [5, 5.41) is 2.97. The van der Waals surface area contributed by atoms with Gasteiger partial charge in [-0.25, -0.2) is 4.39 Å². The molecule has 1 atom stereocenters. The van der Waals surface area contributed by atoms with Gasteiger partial charge >= 0.3 is 0 Å². The van der Waals surface area contributed by atoms with E-state index in [0.29, 0.717) is 31.9 Å². The number of anilines is 1. The molecule has 2 aromatic carbocycles. The van der Waals surface area contributed by atoms with Gasteiger partial charge in [-0.05, 0) is 62.2 Å². The number of amides is 2. The number of piperazine rings is 1. The largest absolute Gasteiger partial charge is 0.481 e. The number of ether oxygens (including phenoxy) is 1. The zero-order valence-electron chi connectivity index (χ0n) is 17.7. The SMILES string of the molecule is Cc1cccc(NC(=O)CN2CCN(C(=O)C(C)Oc3ccc(F)cc3)CC2)c1C. The van der Waals surface area contributed by atoms with Crippen LogP contribution in [0.3, 0.4) is 0 Å². The summed E-state index contributed by atoms with van der Waals surface area (Å²) >= 11 is 0. The molecular formula is C23H28FN3O3. The molecule has 160 valence electrons. The summed E-state index contributed by atoms with van der Waals surface area (Å²) < 4.78 is 18.6. The molecule has 1 fully saturated rings. The molecule has 6 nitrogen and oxygen atoms in total. The van der Waals surface area contributed by atoms with Crippen molar-refractivity contribution in [2.45, 2.75) is 26.9 Å². The van der Waals surface area contributed by atoms with Crippen molar-refractivity contribution in [1.82, 2.24) is 9.80 Å². The molecule has 1 aliphatic heterocycles. The summed E-state index contributed by atoms with van der Waals surface area (Å²) in [4.78, 5) is 28.8. The fourth-order valence-electron chi connectivity index (χ4n) is 3.43. The number of nitrogens with one attached hydrogen (secondary N) is 1. The molecule has 1 unspecified atom stereocenters. The van der Waals surface area contributed by atoms with Gasteiger partial charge in [-0.3, -0.25) is 14.5 Å². The van der Waals surface area contributed by atoms with Crippen LogP contribution in [0.15, 0.2) is 42.5 Å². The van der Waals surface area contributed by atoms with E-state index in [0.717, 1.165) is 16.8 Å². The minimum Gasteiger partial charge on any atom is -0.481 e. The Bertz CT molecular complexity index is 893. The van der Waals surface area contributed by atoms with Gasteiger partial charge in [0.15, 0.2) is 6.10 Å². The minimum atomic E-state index is -0.658. The Labute approximate surface area is 176 Å². The van der Waals surface area contributed by atoms with Crippen LogP contribution in [-0.4, -0.2) is 60.4 Å². The molecule has 0 radical (unpaired) electrons. The first-order valence-electron chi connectivity index (χ1n) is 10.1. The molecule has 2 aromatic rings. The van der Waals surface area contributed by atoms with Gasteiger partial charge in [-0.15, -0.1) is 0 Å². The molecule has 0 bridgehead atoms. The highest BCUT2D eigenvalue weighted by molar-refractivity contribution is 5.93. The second-order valence-electron chi connectivity index (χ2n) is 7.61. The lowest BCUT2D eigenvalue weighted by atomic mass is 10.1. The number of hydrogen-bond acceptors (Lipinski definition) is 4. The topological polar surface area (TPSA) is 61.9 Å². The molecular weight excluding hydrogens is 385 g/mol. The summed E-state index contributed by atoms with van der Waals surface area (Å²) in [7, 11) is 0. The normalized spacial score (nSPS) is 15.5. The average molecular weight is 413 g/mol. The number of carbonyl (C=O) groups excluding carboxylic acids is 2. The maximum absolute atomic E-state index is 13.0. The van der Waals surface area contributed by atoms with Gasteiger partial charge in [-0.2, -0.15) is 0 Å². The van der Waals surface area contributed by atoms with Gasteiger partial charge < -0.3 is 15.0 Å². The molecule has 7 heteroatoms. The monoisotopic (exact) mass is 413 g/mol. The summed E-state index contributed by atoms with van der Waals surface area (Å²) in [5.74, 6) is -0.0617. The Morgan fingerprint density at radius 2 is 1.73 bits per heavy atom. The molecule has 1 heterocycles. The number of rotatable bonds is 6. The third kappa shape index (κ3) is 5.57. The Morgan fingerprint density at radius 1 is 1.07 bits per heavy atom. The number of nitrogens with zero attached hydrogens (tertiary/aromatic N) is 2. The van der Waals surface area contributed by atoms with E-state index in [1.54, 1.807) is 11.8 Å². The second kappa shape index (κ2) is 9.71. The van der Waals surface area contributed by atoms with Crippen LogP contribution < -0.4 is 10.1 Å². The lowest BCUT2D eigenvalue weighted by Crippen LogP contribution is -2.53. The predicted octanol–water partition coefficient (Wildman–Crippen LogP) is 2.99. The van der Waals surface area contributed by atoms with E-state index in [-0.39, 0.29) is 24.2 Å². The van der Waals surface area contributed by atoms with Crippen molar-refractivity contribution in [3.8, 4) is 5.75 Å². The smallest absolute Gasteiger partial charge is 0.263 e. The van der Waals surface area contributed by atoms with Crippen molar-refractivity contribution in [2.75, 3.05) is 38.0 Å². The van der Waals surface area contributed by atoms with E-state index < -0.39 is 6.10 Å². The highest BCUT2D eigenvalue weighted by Gasteiger charge is 2.26. The maximum atomic E-state index is 13.0. The van der Waals surface area contributed by atoms with Crippen LogP contribution in [0, 0.1) is 19.7 Å². The first-order chi connectivity index (χ1) is 14.3. The number of aryl methyl sites for hydroxylation is 1. The second-order valence-corrected chi connectivity index (χ2v) is 7.61. The van der Waals surface area contributed by atoms with Crippen molar-refractivity contribution in [2.24, 2.45) is 0 Å². The molecule has 0 aromatic heterocycles. The minimum absolute atomic E-state index is 0.0588. The van der Waals surface area contributed by atoms with Crippen LogP contribution in [0.5, 0.6) is 5.75 Å². The Kier molecular flexibility index (Phi) is 7.05. The fourth-order valence-corrected chi connectivity index (χ4v) is 3.43. The van der Waals surface area contributed by atoms with Crippen LogP contribution in [0.1, 0.15) is 18.1 Å². The predicted molar refractivity (Wildman–Crippen MR) is 114 cm³/mol. The molecule has 0 spiro atoms. The average Bonchev–Trinajstić information content (AvgIpc) is 2.73. The van der Waals surface area contributed by atoms with E-state index in [1.165, 1.54) is 24.3 Å². The van der Waals surface area contributed by atoms with E-state index in [2.05, 4.69) is 5.32 Å². The summed E-state index contributed by atoms with van der Waals surface area (Å²) in [6.45, 7) is 8.29. The number of halogens is 1. The Hall–Kier alpha value is -2.93. The summed E-state index contributed by atoms with van der Waals surface area (Å²) in [6.07, 6.45) is -0.658. The third-order valence-electron chi connectivity index (χ3n) is 5.40. The Morgan fingerprint density at radius 3 is 2.40 bits per heavy atom. The van der Waals surface area contributed by atoms with E-state index >= 15 is 0 Å². The van der Waals surface area contributed by atoms with Crippen molar-refractivity contribution in [1.29, 1.82) is 0 Å². The van der Waals surface area contributed by atoms with E-state index in [1.807, 2.05) is 36.9 Å². The summed E-state index contributed by atoms with van der Waals surface area (Å²) in [5.41, 5.74) is 3.04. The van der Waals surface area contributed by atoms with Crippen LogP contribution >= 0.6 is 0 Å². The molecule has 1 N–H and O–H groups in total. The van der Waals surface area contributed by atoms with Crippen LogP contribution in [-0.2, 0) is 9.59 Å². The quantitative estimate of drug-likeness (QED) is 0.791. The van der Waals surface area contributed by atoms with Gasteiger partial charge in [0.25, 0.3) is 5.91 Å². The van der Waals surface area contributed by atoms with Crippen molar-refractivity contribution >= 4 is 17.5 Å². The standard InChI is InChI=1S/C23H28FN3O3/c1-16-5-4-6-21(17(16)2)25-22(28)15-26-11-13-27(14-12-26)23(29)18(3)30-20-9-7-19(24)8-10-20/h4-10,18H,11-15H2,1-3H3,(H,25,28). The van der Waals surface area contributed by atoms with E-state index in [9.17, 15) is 14.0 Å². The highest BCUT2D eigenvalue weighted by Crippen LogP contribution is 2.18. The van der Waals surface area contributed by atoms with Gasteiger partial charge in [-0.1, -0.05) is 12.1 Å². The zero-order valence-corrected chi connectivity index (χ0v) is 17.7. The van der Waals surface area contributed by atoms with Gasteiger partial charge in [0.1, 0.15) is 11.6 Å². The van der Waals surface area contributed by atoms with Crippen molar-refractivity contribution < 1.29 is 18.7 Å². The van der Waals surface area contributed by atoms with Gasteiger partial charge in [0.05, 0.1) is 6.54 Å². The van der Waals surface area contributed by atoms with Crippen molar-refractivity contribution in [3.05, 3.63) is 59.4 Å². The molecule has 1 saturated heterocycles. The van der Waals surface area contributed by atoms with E-state index in [4.69, 9.17) is 4.74 Å². The molecule has 0 saturated carbocycles. The Balaban J connectivity index is 1.45. The fraction of sp³-hybridized carbons (Fsp3) is 0.391. The molecule has 0 aliphatic carbocycles.